The minimum atomic E-state index is -1.04. The summed E-state index contributed by atoms with van der Waals surface area (Å²) in [7, 11) is 0. The summed E-state index contributed by atoms with van der Waals surface area (Å²) < 4.78 is 5.25. The Morgan fingerprint density at radius 2 is 2.37 bits per heavy atom. The van der Waals surface area contributed by atoms with Crippen LogP contribution in [0.15, 0.2) is 11.4 Å². The Labute approximate surface area is 114 Å². The summed E-state index contributed by atoms with van der Waals surface area (Å²) in [6, 6.07) is 1.10. The monoisotopic (exact) mass is 284 g/mol. The van der Waals surface area contributed by atoms with Gasteiger partial charge in [0.25, 0.3) is 0 Å². The van der Waals surface area contributed by atoms with Crippen LogP contribution in [0, 0.1) is 5.92 Å². The average Bonchev–Trinajstić information content (AvgIpc) is 2.99. The van der Waals surface area contributed by atoms with Crippen LogP contribution in [-0.2, 0) is 4.74 Å². The van der Waals surface area contributed by atoms with Crippen LogP contribution in [0.5, 0.6) is 0 Å². The van der Waals surface area contributed by atoms with Crippen molar-refractivity contribution < 1.29 is 19.4 Å². The molecule has 2 amide bonds. The molecule has 1 saturated heterocycles. The number of anilines is 1. The third-order valence-electron chi connectivity index (χ3n) is 2.98. The van der Waals surface area contributed by atoms with Crippen LogP contribution < -0.4 is 10.6 Å². The number of hydrogen-bond acceptors (Lipinski definition) is 4. The highest BCUT2D eigenvalue weighted by Crippen LogP contribution is 2.22. The number of aromatic carboxylic acids is 1. The van der Waals surface area contributed by atoms with Gasteiger partial charge in [0.05, 0.1) is 5.56 Å². The first-order chi connectivity index (χ1) is 9.16. The fourth-order valence-corrected chi connectivity index (χ4v) is 2.70. The van der Waals surface area contributed by atoms with Gasteiger partial charge in [0.15, 0.2) is 0 Å². The molecule has 1 unspecified atom stereocenters. The van der Waals surface area contributed by atoms with E-state index in [1.54, 1.807) is 5.38 Å². The highest BCUT2D eigenvalue weighted by Gasteiger charge is 2.16. The van der Waals surface area contributed by atoms with Crippen molar-refractivity contribution in [3.63, 3.8) is 0 Å². The van der Waals surface area contributed by atoms with Crippen molar-refractivity contribution in [2.45, 2.75) is 12.8 Å². The van der Waals surface area contributed by atoms with E-state index in [9.17, 15) is 9.59 Å². The Morgan fingerprint density at radius 1 is 1.53 bits per heavy atom. The van der Waals surface area contributed by atoms with Crippen LogP contribution in [0.2, 0.25) is 0 Å². The lowest BCUT2D eigenvalue weighted by Gasteiger charge is -2.09. The van der Waals surface area contributed by atoms with E-state index in [0.29, 0.717) is 17.5 Å². The number of rotatable bonds is 5. The van der Waals surface area contributed by atoms with Gasteiger partial charge in [-0.1, -0.05) is 0 Å². The van der Waals surface area contributed by atoms with Gasteiger partial charge in [0, 0.05) is 19.8 Å². The van der Waals surface area contributed by atoms with Crippen molar-refractivity contribution in [1.82, 2.24) is 5.32 Å². The molecule has 1 aromatic heterocycles. The molecule has 0 radical (unpaired) electrons. The summed E-state index contributed by atoms with van der Waals surface area (Å²) in [6.07, 6.45) is 1.92. The lowest BCUT2D eigenvalue weighted by molar-refractivity contribution is 0.0698. The Kier molecular flexibility index (Phi) is 4.75. The number of thiophene rings is 1. The second-order valence-corrected chi connectivity index (χ2v) is 5.28. The van der Waals surface area contributed by atoms with E-state index in [0.717, 1.165) is 26.1 Å². The molecular formula is C12H16N2O4S. The van der Waals surface area contributed by atoms with Gasteiger partial charge in [-0.05, 0) is 30.2 Å². The molecule has 2 rings (SSSR count). The standard InChI is InChI=1S/C12H16N2O4S/c15-11(16)9-3-6-19-10(9)14-12(17)13-4-1-8-2-5-18-7-8/h3,6,8H,1-2,4-5,7H2,(H,15,16)(H2,13,14,17). The SMILES string of the molecule is O=C(NCCC1CCOC1)Nc1sccc1C(=O)O. The van der Waals surface area contributed by atoms with E-state index < -0.39 is 5.97 Å². The molecule has 104 valence electrons. The maximum Gasteiger partial charge on any atom is 0.338 e. The molecule has 0 saturated carbocycles. The topological polar surface area (TPSA) is 87.7 Å². The molecule has 1 aliphatic heterocycles. The lowest BCUT2D eigenvalue weighted by atomic mass is 10.1. The van der Waals surface area contributed by atoms with Crippen molar-refractivity contribution >= 4 is 28.3 Å². The van der Waals surface area contributed by atoms with Gasteiger partial charge in [0.2, 0.25) is 0 Å². The number of urea groups is 1. The molecule has 1 fully saturated rings. The normalized spacial score (nSPS) is 18.2. The number of carbonyl (C=O) groups excluding carboxylic acids is 1. The van der Waals surface area contributed by atoms with Crippen molar-refractivity contribution in [3.8, 4) is 0 Å². The fraction of sp³-hybridized carbons (Fsp3) is 0.500. The van der Waals surface area contributed by atoms with E-state index in [1.165, 1.54) is 17.4 Å². The molecule has 0 bridgehead atoms. The van der Waals surface area contributed by atoms with Crippen LogP contribution in [0.4, 0.5) is 9.80 Å². The Balaban J connectivity index is 1.74. The first kappa shape index (κ1) is 13.8. The van der Waals surface area contributed by atoms with Crippen LogP contribution in [-0.4, -0.2) is 36.9 Å². The number of amides is 2. The molecular weight excluding hydrogens is 268 g/mol. The molecule has 3 N–H and O–H groups in total. The minimum absolute atomic E-state index is 0.115. The van der Waals surface area contributed by atoms with Gasteiger partial charge < -0.3 is 15.2 Å². The van der Waals surface area contributed by atoms with E-state index >= 15 is 0 Å². The molecule has 0 aromatic carbocycles. The van der Waals surface area contributed by atoms with E-state index in [1.807, 2.05) is 0 Å². The molecule has 1 aromatic rings. The fourth-order valence-electron chi connectivity index (χ4n) is 1.92. The Hall–Kier alpha value is -1.60. The van der Waals surface area contributed by atoms with E-state index in [-0.39, 0.29) is 11.6 Å². The van der Waals surface area contributed by atoms with Crippen molar-refractivity contribution in [2.24, 2.45) is 5.92 Å². The largest absolute Gasteiger partial charge is 0.478 e. The summed E-state index contributed by atoms with van der Waals surface area (Å²) in [5, 5.41) is 16.2. The van der Waals surface area contributed by atoms with Gasteiger partial charge in [0.1, 0.15) is 5.00 Å². The van der Waals surface area contributed by atoms with Crippen LogP contribution in [0.3, 0.4) is 0 Å². The summed E-state index contributed by atoms with van der Waals surface area (Å²) >= 11 is 1.19. The predicted molar refractivity (Wildman–Crippen MR) is 71.8 cm³/mol. The number of ether oxygens (including phenoxy) is 1. The quantitative estimate of drug-likeness (QED) is 0.771. The number of carboxylic acid groups (broad SMARTS) is 1. The molecule has 6 nitrogen and oxygen atoms in total. The Bertz CT molecular complexity index is 454. The third-order valence-corrected chi connectivity index (χ3v) is 3.81. The molecule has 1 atom stereocenters. The second kappa shape index (κ2) is 6.53. The van der Waals surface area contributed by atoms with Gasteiger partial charge in [-0.25, -0.2) is 9.59 Å². The molecule has 19 heavy (non-hydrogen) atoms. The second-order valence-electron chi connectivity index (χ2n) is 4.37. The van der Waals surface area contributed by atoms with E-state index in [4.69, 9.17) is 9.84 Å². The third kappa shape index (κ3) is 3.93. The first-order valence-electron chi connectivity index (χ1n) is 6.10. The molecule has 0 spiro atoms. The number of nitrogens with one attached hydrogen (secondary N) is 2. The number of carboxylic acids is 1. The van der Waals surface area contributed by atoms with Crippen LogP contribution >= 0.6 is 11.3 Å². The summed E-state index contributed by atoms with van der Waals surface area (Å²) in [4.78, 5) is 22.5. The summed E-state index contributed by atoms with van der Waals surface area (Å²) in [5.41, 5.74) is 0.115. The van der Waals surface area contributed by atoms with Gasteiger partial charge in [-0.15, -0.1) is 11.3 Å². The number of hydrogen-bond donors (Lipinski definition) is 3. The van der Waals surface area contributed by atoms with Crippen LogP contribution in [0.25, 0.3) is 0 Å². The average molecular weight is 284 g/mol. The maximum atomic E-state index is 11.6. The molecule has 0 aliphatic carbocycles. The van der Waals surface area contributed by atoms with Gasteiger partial charge in [-0.2, -0.15) is 0 Å². The number of carbonyl (C=O) groups is 2. The maximum absolute atomic E-state index is 11.6. The van der Waals surface area contributed by atoms with Crippen LogP contribution in [0.1, 0.15) is 23.2 Å². The van der Waals surface area contributed by atoms with Crippen molar-refractivity contribution in [1.29, 1.82) is 0 Å². The van der Waals surface area contributed by atoms with Gasteiger partial charge in [-0.3, -0.25) is 5.32 Å². The van der Waals surface area contributed by atoms with Crippen molar-refractivity contribution in [3.05, 3.63) is 17.0 Å². The highest BCUT2D eigenvalue weighted by molar-refractivity contribution is 7.14. The zero-order valence-electron chi connectivity index (χ0n) is 10.3. The molecule has 7 heteroatoms. The zero-order valence-corrected chi connectivity index (χ0v) is 11.2. The summed E-state index contributed by atoms with van der Waals surface area (Å²) in [6.45, 7) is 2.12. The molecule has 2 heterocycles. The lowest BCUT2D eigenvalue weighted by Crippen LogP contribution is -2.30. The van der Waals surface area contributed by atoms with Gasteiger partial charge >= 0.3 is 12.0 Å². The predicted octanol–water partition coefficient (Wildman–Crippen LogP) is 1.99. The van der Waals surface area contributed by atoms with Crippen molar-refractivity contribution in [2.75, 3.05) is 25.1 Å². The van der Waals surface area contributed by atoms with E-state index in [2.05, 4.69) is 10.6 Å². The zero-order chi connectivity index (χ0) is 13.7. The minimum Gasteiger partial charge on any atom is -0.478 e. The molecule has 1 aliphatic rings. The summed E-state index contributed by atoms with van der Waals surface area (Å²) in [5.74, 6) is -0.531. The smallest absolute Gasteiger partial charge is 0.338 e. The first-order valence-corrected chi connectivity index (χ1v) is 6.98. The Morgan fingerprint density at radius 3 is 3.05 bits per heavy atom. The highest BCUT2D eigenvalue weighted by atomic mass is 32.1.